The van der Waals surface area contributed by atoms with E-state index in [2.05, 4.69) is 108 Å². The van der Waals surface area contributed by atoms with E-state index in [0.29, 0.717) is 5.56 Å². The van der Waals surface area contributed by atoms with Crippen molar-refractivity contribution in [1.29, 1.82) is 5.26 Å². The zero-order valence-electron chi connectivity index (χ0n) is 20.6. The van der Waals surface area contributed by atoms with Crippen molar-refractivity contribution < 1.29 is 0 Å². The molecule has 0 radical (unpaired) electrons. The molecule has 0 aliphatic heterocycles. The summed E-state index contributed by atoms with van der Waals surface area (Å²) in [5.41, 5.74) is 8.75. The Kier molecular flexibility index (Phi) is 5.20. The molecule has 0 N–H and O–H groups in total. The summed E-state index contributed by atoms with van der Waals surface area (Å²) < 4.78 is 0. The van der Waals surface area contributed by atoms with Gasteiger partial charge in [-0.3, -0.25) is 4.98 Å². The van der Waals surface area contributed by atoms with Crippen molar-refractivity contribution in [3.63, 3.8) is 0 Å². The molecule has 0 bridgehead atoms. The second kappa shape index (κ2) is 9.00. The molecule has 1 heterocycles. The van der Waals surface area contributed by atoms with Crippen molar-refractivity contribution in [2.75, 3.05) is 0 Å². The largest absolute Gasteiger partial charge is 0.256 e. The Bertz CT molecular complexity index is 2020. The van der Waals surface area contributed by atoms with Gasteiger partial charge in [-0.25, -0.2) is 0 Å². The molecule has 0 aliphatic carbocycles. The molecule has 1 aromatic heterocycles. The molecule has 0 unspecified atom stereocenters. The quantitative estimate of drug-likeness (QED) is 0.251. The molecular formula is C36H22N2. The lowest BCUT2D eigenvalue weighted by Crippen LogP contribution is -1.85. The fourth-order valence-corrected chi connectivity index (χ4v) is 5.28. The number of pyridine rings is 1. The number of fused-ring (bicyclic) bond motifs is 3. The highest BCUT2D eigenvalue weighted by Crippen LogP contribution is 2.33. The van der Waals surface area contributed by atoms with Gasteiger partial charge in [0.2, 0.25) is 0 Å². The van der Waals surface area contributed by atoms with Gasteiger partial charge >= 0.3 is 0 Å². The van der Waals surface area contributed by atoms with Gasteiger partial charge in [0.15, 0.2) is 0 Å². The van der Waals surface area contributed by atoms with E-state index in [0.717, 1.165) is 16.6 Å². The SMILES string of the molecule is N#Cc1ccc(-c2ccc3cc(-c4ccc5ccc(-c6ccnc7ccccc67)cc5c4)ccc3c2)cc1. The molecule has 0 saturated heterocycles. The van der Waals surface area contributed by atoms with Crippen molar-refractivity contribution in [2.24, 2.45) is 0 Å². The zero-order chi connectivity index (χ0) is 25.5. The number of hydrogen-bond donors (Lipinski definition) is 0. The number of para-hydroxylation sites is 1. The Balaban J connectivity index is 1.26. The number of rotatable bonds is 3. The van der Waals surface area contributed by atoms with Crippen molar-refractivity contribution in [3.8, 4) is 39.4 Å². The van der Waals surface area contributed by atoms with E-state index in [1.807, 2.05) is 36.5 Å². The molecule has 2 heteroatoms. The molecule has 0 spiro atoms. The van der Waals surface area contributed by atoms with Crippen LogP contribution in [0.4, 0.5) is 0 Å². The van der Waals surface area contributed by atoms with Gasteiger partial charge in [0, 0.05) is 11.6 Å². The van der Waals surface area contributed by atoms with Crippen LogP contribution in [-0.2, 0) is 0 Å². The molecule has 2 nitrogen and oxygen atoms in total. The van der Waals surface area contributed by atoms with E-state index in [1.165, 1.54) is 49.2 Å². The van der Waals surface area contributed by atoms with Gasteiger partial charge in [-0.1, -0.05) is 78.9 Å². The second-order valence-electron chi connectivity index (χ2n) is 9.62. The molecule has 0 fully saturated rings. The molecular weight excluding hydrogens is 460 g/mol. The molecule has 0 atom stereocenters. The topological polar surface area (TPSA) is 36.7 Å². The third-order valence-corrected chi connectivity index (χ3v) is 7.32. The van der Waals surface area contributed by atoms with E-state index in [-0.39, 0.29) is 0 Å². The minimum atomic E-state index is 0.677. The van der Waals surface area contributed by atoms with E-state index in [9.17, 15) is 0 Å². The highest BCUT2D eigenvalue weighted by molar-refractivity contribution is 5.98. The van der Waals surface area contributed by atoms with Crippen LogP contribution in [0.15, 0.2) is 134 Å². The van der Waals surface area contributed by atoms with Gasteiger partial charge in [0.25, 0.3) is 0 Å². The van der Waals surface area contributed by atoms with Gasteiger partial charge in [0.1, 0.15) is 0 Å². The van der Waals surface area contributed by atoms with Crippen LogP contribution in [0.2, 0.25) is 0 Å². The predicted octanol–water partition coefficient (Wildman–Crippen LogP) is 9.41. The first-order chi connectivity index (χ1) is 18.7. The second-order valence-corrected chi connectivity index (χ2v) is 9.62. The summed E-state index contributed by atoms with van der Waals surface area (Å²) in [6, 6.07) is 46.9. The Morgan fingerprint density at radius 2 is 1.03 bits per heavy atom. The lowest BCUT2D eigenvalue weighted by atomic mass is 9.94. The summed E-state index contributed by atoms with van der Waals surface area (Å²) in [4.78, 5) is 4.53. The van der Waals surface area contributed by atoms with Crippen molar-refractivity contribution in [1.82, 2.24) is 4.98 Å². The predicted molar refractivity (Wildman–Crippen MR) is 158 cm³/mol. The average Bonchev–Trinajstić information content (AvgIpc) is 2.99. The molecule has 7 aromatic rings. The number of nitrogens with zero attached hydrogens (tertiary/aromatic N) is 2. The summed E-state index contributed by atoms with van der Waals surface area (Å²) in [7, 11) is 0. The van der Waals surface area contributed by atoms with Crippen LogP contribution in [-0.4, -0.2) is 4.98 Å². The minimum Gasteiger partial charge on any atom is -0.256 e. The summed E-state index contributed by atoms with van der Waals surface area (Å²) in [6.45, 7) is 0. The van der Waals surface area contributed by atoms with Crippen LogP contribution in [0.25, 0.3) is 65.8 Å². The Morgan fingerprint density at radius 1 is 0.474 bits per heavy atom. The normalized spacial score (nSPS) is 11.1. The molecule has 0 saturated carbocycles. The van der Waals surface area contributed by atoms with Crippen molar-refractivity contribution in [3.05, 3.63) is 139 Å². The van der Waals surface area contributed by atoms with E-state index < -0.39 is 0 Å². The lowest BCUT2D eigenvalue weighted by molar-refractivity contribution is 1.41. The lowest BCUT2D eigenvalue weighted by Gasteiger charge is -2.10. The first-order valence-electron chi connectivity index (χ1n) is 12.7. The van der Waals surface area contributed by atoms with E-state index in [1.54, 1.807) is 0 Å². The number of hydrogen-bond acceptors (Lipinski definition) is 2. The first kappa shape index (κ1) is 22.0. The zero-order valence-corrected chi connectivity index (χ0v) is 20.6. The standard InChI is InChI=1S/C36H22N2/c37-23-24-5-7-25(8-6-24)27-12-13-29-20-30(15-14-28(29)19-27)31-11-9-26-10-16-32(22-33(26)21-31)34-17-18-38-36-4-2-1-3-35(34)36/h1-22H. The summed E-state index contributed by atoms with van der Waals surface area (Å²) >= 11 is 0. The van der Waals surface area contributed by atoms with Crippen LogP contribution in [0, 0.1) is 11.3 Å². The molecule has 6 aromatic carbocycles. The maximum atomic E-state index is 9.07. The highest BCUT2D eigenvalue weighted by Gasteiger charge is 2.08. The van der Waals surface area contributed by atoms with Crippen molar-refractivity contribution >= 4 is 32.4 Å². The van der Waals surface area contributed by atoms with Crippen LogP contribution >= 0.6 is 0 Å². The third kappa shape index (κ3) is 3.88. The highest BCUT2D eigenvalue weighted by atomic mass is 14.6. The van der Waals surface area contributed by atoms with Gasteiger partial charge in [-0.15, -0.1) is 0 Å². The monoisotopic (exact) mass is 482 g/mol. The Labute approximate surface area is 221 Å². The van der Waals surface area contributed by atoms with Crippen LogP contribution in [0.1, 0.15) is 5.56 Å². The van der Waals surface area contributed by atoms with Gasteiger partial charge in [-0.05, 0) is 103 Å². The maximum Gasteiger partial charge on any atom is 0.0991 e. The number of aromatic nitrogens is 1. The van der Waals surface area contributed by atoms with Gasteiger partial charge in [-0.2, -0.15) is 5.26 Å². The summed E-state index contributed by atoms with van der Waals surface area (Å²) in [6.07, 6.45) is 1.89. The van der Waals surface area contributed by atoms with Crippen LogP contribution < -0.4 is 0 Å². The fraction of sp³-hybridized carbons (Fsp3) is 0. The van der Waals surface area contributed by atoms with Gasteiger partial charge in [0.05, 0.1) is 17.1 Å². The molecule has 0 aliphatic rings. The van der Waals surface area contributed by atoms with Crippen LogP contribution in [0.3, 0.4) is 0 Å². The molecule has 176 valence electrons. The van der Waals surface area contributed by atoms with E-state index in [4.69, 9.17) is 5.26 Å². The van der Waals surface area contributed by atoms with Gasteiger partial charge < -0.3 is 0 Å². The Hall–Kier alpha value is -5.26. The van der Waals surface area contributed by atoms with Crippen LogP contribution in [0.5, 0.6) is 0 Å². The number of nitriles is 1. The molecule has 7 rings (SSSR count). The summed E-state index contributed by atoms with van der Waals surface area (Å²) in [5, 5.41) is 15.1. The van der Waals surface area contributed by atoms with Crippen molar-refractivity contribution in [2.45, 2.75) is 0 Å². The number of benzene rings is 6. The third-order valence-electron chi connectivity index (χ3n) is 7.32. The van der Waals surface area contributed by atoms with E-state index >= 15 is 0 Å². The minimum absolute atomic E-state index is 0.677. The smallest absolute Gasteiger partial charge is 0.0991 e. The maximum absolute atomic E-state index is 9.07. The fourth-order valence-electron chi connectivity index (χ4n) is 5.28. The Morgan fingerprint density at radius 3 is 1.74 bits per heavy atom. The molecule has 38 heavy (non-hydrogen) atoms. The summed E-state index contributed by atoms with van der Waals surface area (Å²) in [5.74, 6) is 0. The average molecular weight is 483 g/mol. The molecule has 0 amide bonds. The first-order valence-corrected chi connectivity index (χ1v) is 12.7.